The molecule has 1 N–H and O–H groups in total. The van der Waals surface area contributed by atoms with Crippen LogP contribution in [0.3, 0.4) is 0 Å². The zero-order valence-corrected chi connectivity index (χ0v) is 11.0. The van der Waals surface area contributed by atoms with Crippen molar-refractivity contribution in [1.82, 2.24) is 9.84 Å². The second-order valence-electron chi connectivity index (χ2n) is 4.10. The lowest BCUT2D eigenvalue weighted by Crippen LogP contribution is -2.44. The van der Waals surface area contributed by atoms with E-state index in [4.69, 9.17) is 11.6 Å². The average molecular weight is 275 g/mol. The molecule has 1 fully saturated rings. The molecule has 94 valence electrons. The lowest BCUT2D eigenvalue weighted by atomic mass is 10.2. The number of hydrazine groups is 1. The summed E-state index contributed by atoms with van der Waals surface area (Å²) in [5.74, 6) is 0. The van der Waals surface area contributed by atoms with Gasteiger partial charge in [-0.1, -0.05) is 18.0 Å². The van der Waals surface area contributed by atoms with Crippen LogP contribution >= 0.6 is 11.6 Å². The maximum absolute atomic E-state index is 12.0. The Balaban J connectivity index is 2.10. The zero-order valence-electron chi connectivity index (χ0n) is 9.39. The number of hydrogen-bond donors (Lipinski definition) is 1. The predicted molar refractivity (Wildman–Crippen MR) is 67.2 cm³/mol. The van der Waals surface area contributed by atoms with Crippen LogP contribution in [0.25, 0.3) is 0 Å². The summed E-state index contributed by atoms with van der Waals surface area (Å²) >= 11 is 5.73. The van der Waals surface area contributed by atoms with Gasteiger partial charge in [0.25, 0.3) is 10.0 Å². The molecule has 1 heterocycles. The fourth-order valence-electron chi connectivity index (χ4n) is 1.82. The van der Waals surface area contributed by atoms with Gasteiger partial charge in [0.05, 0.1) is 4.90 Å². The van der Waals surface area contributed by atoms with E-state index in [1.54, 1.807) is 17.1 Å². The molecule has 1 aliphatic rings. The second-order valence-corrected chi connectivity index (χ2v) is 6.19. The summed E-state index contributed by atoms with van der Waals surface area (Å²) in [5, 5.41) is 2.29. The molecule has 0 unspecified atom stereocenters. The smallest absolute Gasteiger partial charge is 0.230 e. The monoisotopic (exact) mass is 274 g/mol. The van der Waals surface area contributed by atoms with Crippen LogP contribution in [-0.4, -0.2) is 26.5 Å². The Morgan fingerprint density at radius 1 is 1.06 bits per heavy atom. The van der Waals surface area contributed by atoms with Crippen LogP contribution in [-0.2, 0) is 10.0 Å². The van der Waals surface area contributed by atoms with Crippen molar-refractivity contribution in [3.05, 3.63) is 29.3 Å². The van der Waals surface area contributed by atoms with E-state index in [1.165, 1.54) is 18.6 Å². The highest BCUT2D eigenvalue weighted by atomic mass is 35.5. The van der Waals surface area contributed by atoms with Crippen molar-refractivity contribution in [2.24, 2.45) is 0 Å². The summed E-state index contributed by atoms with van der Waals surface area (Å²) in [6.45, 7) is 1.54. The number of piperidine rings is 1. The van der Waals surface area contributed by atoms with Gasteiger partial charge in [-0.25, -0.2) is 13.4 Å². The molecule has 4 nitrogen and oxygen atoms in total. The normalized spacial score (nSPS) is 18.2. The Kier molecular flexibility index (Phi) is 4.04. The summed E-state index contributed by atoms with van der Waals surface area (Å²) in [5.41, 5.74) is 0. The number of sulfonamides is 1. The van der Waals surface area contributed by atoms with E-state index in [-0.39, 0.29) is 4.90 Å². The molecule has 1 aromatic carbocycles. The van der Waals surface area contributed by atoms with Gasteiger partial charge in [-0.15, -0.1) is 4.83 Å². The molecule has 0 aliphatic carbocycles. The van der Waals surface area contributed by atoms with Crippen LogP contribution < -0.4 is 4.83 Å². The van der Waals surface area contributed by atoms with E-state index in [2.05, 4.69) is 4.83 Å². The molecular formula is C11H15ClN2O2S. The summed E-state index contributed by atoms with van der Waals surface area (Å²) in [4.78, 5) is 2.84. The molecule has 0 saturated carbocycles. The molecule has 0 aromatic heterocycles. The van der Waals surface area contributed by atoms with E-state index in [1.807, 2.05) is 0 Å². The van der Waals surface area contributed by atoms with Crippen molar-refractivity contribution >= 4 is 21.6 Å². The zero-order chi connectivity index (χ0) is 12.3. The minimum Gasteiger partial charge on any atom is -0.230 e. The summed E-state index contributed by atoms with van der Waals surface area (Å²) < 4.78 is 24.0. The first kappa shape index (κ1) is 12.8. The molecule has 1 saturated heterocycles. The van der Waals surface area contributed by atoms with Gasteiger partial charge in [0.1, 0.15) is 0 Å². The number of nitrogens with zero attached hydrogens (tertiary/aromatic N) is 1. The van der Waals surface area contributed by atoms with Gasteiger partial charge in [0, 0.05) is 18.1 Å². The van der Waals surface area contributed by atoms with Crippen molar-refractivity contribution in [2.75, 3.05) is 13.1 Å². The van der Waals surface area contributed by atoms with Crippen LogP contribution in [0.5, 0.6) is 0 Å². The quantitative estimate of drug-likeness (QED) is 0.917. The third-order valence-electron chi connectivity index (χ3n) is 2.73. The highest BCUT2D eigenvalue weighted by Gasteiger charge is 2.19. The first-order valence-corrected chi connectivity index (χ1v) is 7.47. The lowest BCUT2D eigenvalue weighted by molar-refractivity contribution is 0.200. The van der Waals surface area contributed by atoms with Crippen LogP contribution in [0.1, 0.15) is 19.3 Å². The van der Waals surface area contributed by atoms with E-state index in [0.29, 0.717) is 5.02 Å². The van der Waals surface area contributed by atoms with E-state index in [9.17, 15) is 8.42 Å². The minimum absolute atomic E-state index is 0.243. The van der Waals surface area contributed by atoms with Gasteiger partial charge in [0.2, 0.25) is 0 Å². The number of benzene rings is 1. The van der Waals surface area contributed by atoms with Gasteiger partial charge in [-0.05, 0) is 37.1 Å². The number of halogens is 1. The predicted octanol–water partition coefficient (Wildman–Crippen LogP) is 2.02. The Bertz CT molecular complexity index is 467. The molecule has 17 heavy (non-hydrogen) atoms. The molecular weight excluding hydrogens is 260 g/mol. The van der Waals surface area contributed by atoms with Gasteiger partial charge < -0.3 is 0 Å². The average Bonchev–Trinajstić information content (AvgIpc) is 2.30. The number of nitrogens with one attached hydrogen (secondary N) is 1. The van der Waals surface area contributed by atoms with Crippen LogP contribution in [0.15, 0.2) is 29.2 Å². The number of rotatable bonds is 3. The van der Waals surface area contributed by atoms with Gasteiger partial charge in [-0.3, -0.25) is 0 Å². The van der Waals surface area contributed by atoms with Crippen molar-refractivity contribution < 1.29 is 8.42 Å². The van der Waals surface area contributed by atoms with Gasteiger partial charge >= 0.3 is 0 Å². The summed E-state index contributed by atoms with van der Waals surface area (Å²) in [6.07, 6.45) is 3.23. The topological polar surface area (TPSA) is 49.4 Å². The van der Waals surface area contributed by atoms with Crippen molar-refractivity contribution in [3.63, 3.8) is 0 Å². The first-order chi connectivity index (χ1) is 8.08. The maximum Gasteiger partial charge on any atom is 0.253 e. The molecule has 0 amide bonds. The summed E-state index contributed by atoms with van der Waals surface area (Å²) in [7, 11) is -3.46. The Morgan fingerprint density at radius 3 is 2.24 bits per heavy atom. The van der Waals surface area contributed by atoms with Crippen LogP contribution in [0, 0.1) is 0 Å². The highest BCUT2D eigenvalue weighted by Crippen LogP contribution is 2.15. The van der Waals surface area contributed by atoms with Crippen molar-refractivity contribution in [3.8, 4) is 0 Å². The van der Waals surface area contributed by atoms with Gasteiger partial charge in [-0.2, -0.15) is 0 Å². The van der Waals surface area contributed by atoms with Crippen molar-refractivity contribution in [2.45, 2.75) is 24.2 Å². The molecule has 1 aliphatic heterocycles. The maximum atomic E-state index is 12.0. The standard InChI is InChI=1S/C11H15ClN2O2S/c12-10-4-6-11(7-5-10)17(15,16)13-14-8-2-1-3-9-14/h4-7,13H,1-3,8-9H2. The van der Waals surface area contributed by atoms with Gasteiger partial charge in [0.15, 0.2) is 0 Å². The highest BCUT2D eigenvalue weighted by molar-refractivity contribution is 7.89. The number of hydrogen-bond acceptors (Lipinski definition) is 3. The molecule has 2 rings (SSSR count). The van der Waals surface area contributed by atoms with E-state index < -0.39 is 10.0 Å². The minimum atomic E-state index is -3.46. The molecule has 6 heteroatoms. The molecule has 0 bridgehead atoms. The molecule has 0 radical (unpaired) electrons. The lowest BCUT2D eigenvalue weighted by Gasteiger charge is -2.26. The second kappa shape index (κ2) is 5.35. The Labute approximate surface area is 107 Å². The van der Waals surface area contributed by atoms with E-state index in [0.717, 1.165) is 25.9 Å². The fourth-order valence-corrected chi connectivity index (χ4v) is 3.07. The largest absolute Gasteiger partial charge is 0.253 e. The summed E-state index contributed by atoms with van der Waals surface area (Å²) in [6, 6.07) is 6.17. The third-order valence-corrected chi connectivity index (χ3v) is 4.37. The third kappa shape index (κ3) is 3.42. The van der Waals surface area contributed by atoms with Crippen molar-refractivity contribution in [1.29, 1.82) is 0 Å². The van der Waals surface area contributed by atoms with Crippen LogP contribution in [0.4, 0.5) is 0 Å². The fraction of sp³-hybridized carbons (Fsp3) is 0.455. The Hall–Kier alpha value is -0.620. The van der Waals surface area contributed by atoms with Crippen LogP contribution in [0.2, 0.25) is 5.02 Å². The molecule has 1 aromatic rings. The Morgan fingerprint density at radius 2 is 1.65 bits per heavy atom. The van der Waals surface area contributed by atoms with E-state index >= 15 is 0 Å². The SMILES string of the molecule is O=S(=O)(NN1CCCCC1)c1ccc(Cl)cc1. The first-order valence-electron chi connectivity index (χ1n) is 5.61. The molecule has 0 spiro atoms. The molecule has 0 atom stereocenters.